The maximum Gasteiger partial charge on any atom is 0.433 e. The topological polar surface area (TPSA) is 72.1 Å². The molecule has 0 radical (unpaired) electrons. The van der Waals surface area contributed by atoms with Crippen molar-refractivity contribution in [2.45, 2.75) is 32.1 Å². The Bertz CT molecular complexity index is 848. The predicted molar refractivity (Wildman–Crippen MR) is 84.3 cm³/mol. The summed E-state index contributed by atoms with van der Waals surface area (Å²) in [5.74, 6) is -1.40. The number of anilines is 2. The quantitative estimate of drug-likeness (QED) is 0.759. The Kier molecular flexibility index (Phi) is 5.34. The number of primary amides is 1. The van der Waals surface area contributed by atoms with Gasteiger partial charge in [-0.3, -0.25) is 0 Å². The van der Waals surface area contributed by atoms with Gasteiger partial charge in [0.2, 0.25) is 5.95 Å². The summed E-state index contributed by atoms with van der Waals surface area (Å²) >= 11 is 0. The van der Waals surface area contributed by atoms with Crippen molar-refractivity contribution in [1.29, 1.82) is 0 Å². The van der Waals surface area contributed by atoms with Crippen LogP contribution in [0.4, 0.5) is 42.8 Å². The molecule has 1 aromatic heterocycles. The van der Waals surface area contributed by atoms with E-state index in [2.05, 4.69) is 9.97 Å². The van der Waals surface area contributed by atoms with Crippen LogP contribution in [0, 0.1) is 0 Å². The molecule has 0 fully saturated rings. The second-order valence-electron chi connectivity index (χ2n) is 5.82. The van der Waals surface area contributed by atoms with Crippen LogP contribution in [0.5, 0.6) is 0 Å². The molecule has 1 aromatic carbocycles. The number of rotatable bonds is 3. The average molecular weight is 392 g/mol. The van der Waals surface area contributed by atoms with Crippen LogP contribution in [0.25, 0.3) is 0 Å². The van der Waals surface area contributed by atoms with Crippen molar-refractivity contribution in [3.8, 4) is 0 Å². The van der Waals surface area contributed by atoms with Crippen molar-refractivity contribution in [3.63, 3.8) is 0 Å². The third-order valence-corrected chi connectivity index (χ3v) is 3.49. The SMILES string of the molecule is CC(C)c1cc(C(F)(F)F)nc(N(C(N)=O)c2ccccc2C(F)(F)F)n1. The number of nitrogens with zero attached hydrogens (tertiary/aromatic N) is 3. The third kappa shape index (κ3) is 4.47. The first-order chi connectivity index (χ1) is 12.3. The van der Waals surface area contributed by atoms with Crippen LogP contribution in [0.1, 0.15) is 36.7 Å². The van der Waals surface area contributed by atoms with Gasteiger partial charge in [-0.25, -0.2) is 19.7 Å². The lowest BCUT2D eigenvalue weighted by Gasteiger charge is -2.24. The fourth-order valence-corrected chi connectivity index (χ4v) is 2.23. The zero-order valence-corrected chi connectivity index (χ0v) is 14.1. The summed E-state index contributed by atoms with van der Waals surface area (Å²) in [6.45, 7) is 3.06. The maximum absolute atomic E-state index is 13.3. The first kappa shape index (κ1) is 20.5. The largest absolute Gasteiger partial charge is 0.433 e. The van der Waals surface area contributed by atoms with E-state index in [1.807, 2.05) is 0 Å². The Morgan fingerprint density at radius 1 is 1.04 bits per heavy atom. The Morgan fingerprint density at radius 2 is 1.63 bits per heavy atom. The lowest BCUT2D eigenvalue weighted by Crippen LogP contribution is -2.35. The number of hydrogen-bond donors (Lipinski definition) is 1. The zero-order valence-electron chi connectivity index (χ0n) is 14.1. The van der Waals surface area contributed by atoms with Crippen molar-refractivity contribution in [1.82, 2.24) is 9.97 Å². The third-order valence-electron chi connectivity index (χ3n) is 3.49. The van der Waals surface area contributed by atoms with Crippen molar-refractivity contribution < 1.29 is 31.1 Å². The number of para-hydroxylation sites is 1. The molecule has 2 N–H and O–H groups in total. The van der Waals surface area contributed by atoms with Gasteiger partial charge in [0.25, 0.3) is 0 Å². The number of benzene rings is 1. The number of urea groups is 1. The minimum absolute atomic E-state index is 0.108. The Hall–Kier alpha value is -2.85. The second kappa shape index (κ2) is 7.05. The molecule has 5 nitrogen and oxygen atoms in total. The van der Waals surface area contributed by atoms with Gasteiger partial charge in [0.05, 0.1) is 11.3 Å². The molecule has 0 bridgehead atoms. The Balaban J connectivity index is 2.76. The van der Waals surface area contributed by atoms with Gasteiger partial charge in [-0.2, -0.15) is 26.3 Å². The predicted octanol–water partition coefficient (Wildman–Crippen LogP) is 4.85. The highest BCUT2D eigenvalue weighted by Crippen LogP contribution is 2.39. The molecule has 27 heavy (non-hydrogen) atoms. The summed E-state index contributed by atoms with van der Waals surface area (Å²) in [5.41, 5.74) is 1.61. The molecule has 2 rings (SSSR count). The van der Waals surface area contributed by atoms with Crippen LogP contribution < -0.4 is 10.6 Å². The molecular formula is C16H14F6N4O. The smallest absolute Gasteiger partial charge is 0.351 e. The van der Waals surface area contributed by atoms with Crippen LogP contribution in [-0.4, -0.2) is 16.0 Å². The summed E-state index contributed by atoms with van der Waals surface area (Å²) in [7, 11) is 0. The van der Waals surface area contributed by atoms with E-state index in [9.17, 15) is 31.1 Å². The molecule has 0 aliphatic rings. The molecule has 2 aromatic rings. The molecule has 0 saturated heterocycles. The zero-order chi connectivity index (χ0) is 20.6. The number of carbonyl (C=O) groups is 1. The molecule has 0 aliphatic heterocycles. The summed E-state index contributed by atoms with van der Waals surface area (Å²) in [4.78, 5) is 19.1. The standard InChI is InChI=1S/C16H14F6N4O/c1-8(2)10-7-12(16(20,21)22)25-14(24-10)26(13(23)27)11-6-4-3-5-9(11)15(17,18)19/h3-8H,1-2H3,(H2,23,27). The molecule has 1 heterocycles. The van der Waals surface area contributed by atoms with Crippen LogP contribution in [0.15, 0.2) is 30.3 Å². The van der Waals surface area contributed by atoms with E-state index in [0.29, 0.717) is 12.1 Å². The molecule has 0 unspecified atom stereocenters. The first-order valence-electron chi connectivity index (χ1n) is 7.54. The lowest BCUT2D eigenvalue weighted by molar-refractivity contribution is -0.141. The number of amides is 2. The number of nitrogens with two attached hydrogens (primary N) is 1. The minimum Gasteiger partial charge on any atom is -0.351 e. The van der Waals surface area contributed by atoms with E-state index in [0.717, 1.165) is 12.1 Å². The van der Waals surface area contributed by atoms with Gasteiger partial charge in [-0.1, -0.05) is 26.0 Å². The van der Waals surface area contributed by atoms with Crippen molar-refractivity contribution in [2.75, 3.05) is 4.90 Å². The highest BCUT2D eigenvalue weighted by Gasteiger charge is 2.38. The highest BCUT2D eigenvalue weighted by atomic mass is 19.4. The number of alkyl halides is 6. The number of aromatic nitrogens is 2. The van der Waals surface area contributed by atoms with Gasteiger partial charge in [0, 0.05) is 5.69 Å². The Morgan fingerprint density at radius 3 is 2.11 bits per heavy atom. The van der Waals surface area contributed by atoms with Gasteiger partial charge in [-0.05, 0) is 24.1 Å². The summed E-state index contributed by atoms with van der Waals surface area (Å²) in [6, 6.07) is 3.02. The van der Waals surface area contributed by atoms with Crippen molar-refractivity contribution >= 4 is 17.7 Å². The summed E-state index contributed by atoms with van der Waals surface area (Å²) < 4.78 is 79.2. The van der Waals surface area contributed by atoms with Gasteiger partial charge in [0.1, 0.15) is 5.69 Å². The second-order valence-corrected chi connectivity index (χ2v) is 5.82. The molecular weight excluding hydrogens is 378 g/mol. The van der Waals surface area contributed by atoms with Crippen molar-refractivity contribution in [3.05, 3.63) is 47.3 Å². The first-order valence-corrected chi connectivity index (χ1v) is 7.54. The molecule has 0 saturated carbocycles. The van der Waals surface area contributed by atoms with E-state index >= 15 is 0 Å². The van der Waals surface area contributed by atoms with Crippen LogP contribution in [0.3, 0.4) is 0 Å². The molecule has 11 heteroatoms. The Labute approximate surface area is 149 Å². The fraction of sp³-hybridized carbons (Fsp3) is 0.312. The number of halogens is 6. The maximum atomic E-state index is 13.3. The normalized spacial score (nSPS) is 12.3. The van der Waals surface area contributed by atoms with Gasteiger partial charge in [0.15, 0.2) is 0 Å². The van der Waals surface area contributed by atoms with E-state index in [1.54, 1.807) is 0 Å². The van der Waals surface area contributed by atoms with Gasteiger partial charge in [-0.15, -0.1) is 0 Å². The number of carbonyl (C=O) groups excluding carboxylic acids is 1. The van der Waals surface area contributed by atoms with E-state index in [1.165, 1.54) is 19.9 Å². The van der Waals surface area contributed by atoms with Gasteiger partial charge >= 0.3 is 18.4 Å². The molecule has 2 amide bonds. The van der Waals surface area contributed by atoms with Crippen LogP contribution in [0.2, 0.25) is 0 Å². The molecule has 0 spiro atoms. The number of hydrogen-bond acceptors (Lipinski definition) is 3. The summed E-state index contributed by atoms with van der Waals surface area (Å²) in [6.07, 6.45) is -9.78. The van der Waals surface area contributed by atoms with Crippen molar-refractivity contribution in [2.24, 2.45) is 5.73 Å². The van der Waals surface area contributed by atoms with E-state index in [4.69, 9.17) is 5.73 Å². The average Bonchev–Trinajstić information content (AvgIpc) is 2.53. The van der Waals surface area contributed by atoms with Gasteiger partial charge < -0.3 is 5.73 Å². The lowest BCUT2D eigenvalue weighted by atomic mass is 10.1. The van der Waals surface area contributed by atoms with E-state index in [-0.39, 0.29) is 10.6 Å². The fourth-order valence-electron chi connectivity index (χ4n) is 2.23. The minimum atomic E-state index is -4.89. The summed E-state index contributed by atoms with van der Waals surface area (Å²) in [5, 5.41) is 0. The monoisotopic (exact) mass is 392 g/mol. The molecule has 0 atom stereocenters. The molecule has 146 valence electrons. The van der Waals surface area contributed by atoms with Crippen LogP contribution >= 0.6 is 0 Å². The highest BCUT2D eigenvalue weighted by molar-refractivity contribution is 5.97. The van der Waals surface area contributed by atoms with Crippen LogP contribution in [-0.2, 0) is 12.4 Å². The van der Waals surface area contributed by atoms with E-state index < -0.39 is 47.2 Å². The molecule has 0 aliphatic carbocycles.